The lowest BCUT2D eigenvalue weighted by Gasteiger charge is -2.05. The van der Waals surface area contributed by atoms with E-state index in [-0.39, 0.29) is 5.56 Å². The van der Waals surface area contributed by atoms with Crippen molar-refractivity contribution in [2.45, 2.75) is 20.3 Å². The van der Waals surface area contributed by atoms with Crippen LogP contribution in [0.5, 0.6) is 0 Å². The average Bonchev–Trinajstić information content (AvgIpc) is 2.67. The lowest BCUT2D eigenvalue weighted by Crippen LogP contribution is -2.05. The van der Waals surface area contributed by atoms with E-state index in [4.69, 9.17) is 5.11 Å². The molecule has 88 valence electrons. The van der Waals surface area contributed by atoms with Crippen molar-refractivity contribution in [2.75, 3.05) is 0 Å². The predicted octanol–water partition coefficient (Wildman–Crippen LogP) is 1.84. The number of rotatable bonds is 3. The van der Waals surface area contributed by atoms with Crippen molar-refractivity contribution in [3.05, 3.63) is 41.5 Å². The van der Waals surface area contributed by atoms with E-state index in [9.17, 15) is 4.79 Å². The SMILES string of the molecule is CCc1c(C(=O)O)c(C)nn1-c1cccnc1. The van der Waals surface area contributed by atoms with Gasteiger partial charge in [0.25, 0.3) is 0 Å². The molecule has 0 bridgehead atoms. The van der Waals surface area contributed by atoms with Crippen molar-refractivity contribution < 1.29 is 9.90 Å². The zero-order valence-corrected chi connectivity index (χ0v) is 9.71. The van der Waals surface area contributed by atoms with Gasteiger partial charge >= 0.3 is 5.97 Å². The maximum absolute atomic E-state index is 11.2. The highest BCUT2D eigenvalue weighted by Crippen LogP contribution is 2.18. The molecule has 0 aliphatic carbocycles. The summed E-state index contributed by atoms with van der Waals surface area (Å²) < 4.78 is 1.64. The number of hydrogen-bond acceptors (Lipinski definition) is 3. The summed E-state index contributed by atoms with van der Waals surface area (Å²) in [6.07, 6.45) is 3.94. The van der Waals surface area contributed by atoms with Gasteiger partial charge in [0, 0.05) is 6.20 Å². The van der Waals surface area contributed by atoms with E-state index < -0.39 is 5.97 Å². The first-order valence-corrected chi connectivity index (χ1v) is 5.37. The Morgan fingerprint density at radius 1 is 1.53 bits per heavy atom. The minimum atomic E-state index is -0.936. The fourth-order valence-electron chi connectivity index (χ4n) is 1.87. The fraction of sp³-hybridized carbons (Fsp3) is 0.250. The van der Waals surface area contributed by atoms with Crippen LogP contribution in [0, 0.1) is 6.92 Å². The molecule has 0 aromatic carbocycles. The Morgan fingerprint density at radius 2 is 2.29 bits per heavy atom. The summed E-state index contributed by atoms with van der Waals surface area (Å²) in [6, 6.07) is 3.65. The number of carboxylic acids is 1. The number of aromatic nitrogens is 3. The molecule has 0 amide bonds. The molecule has 0 aliphatic heterocycles. The number of carboxylic acid groups (broad SMARTS) is 1. The maximum Gasteiger partial charge on any atom is 0.339 e. The molecular weight excluding hydrogens is 218 g/mol. The first kappa shape index (κ1) is 11.3. The molecule has 0 saturated carbocycles. The molecule has 5 nitrogen and oxygen atoms in total. The van der Waals surface area contributed by atoms with Crippen LogP contribution in [0.4, 0.5) is 0 Å². The van der Waals surface area contributed by atoms with Gasteiger partial charge in [0.05, 0.1) is 23.3 Å². The summed E-state index contributed by atoms with van der Waals surface area (Å²) in [6.45, 7) is 3.62. The molecule has 0 unspecified atom stereocenters. The zero-order valence-electron chi connectivity index (χ0n) is 9.71. The highest BCUT2D eigenvalue weighted by Gasteiger charge is 2.20. The van der Waals surface area contributed by atoms with E-state index in [2.05, 4.69) is 10.1 Å². The normalized spacial score (nSPS) is 10.5. The third-order valence-electron chi connectivity index (χ3n) is 2.60. The van der Waals surface area contributed by atoms with Crippen LogP contribution in [0.2, 0.25) is 0 Å². The van der Waals surface area contributed by atoms with Gasteiger partial charge in [-0.1, -0.05) is 6.92 Å². The smallest absolute Gasteiger partial charge is 0.339 e. The molecule has 0 spiro atoms. The quantitative estimate of drug-likeness (QED) is 0.875. The Bertz CT molecular complexity index is 546. The van der Waals surface area contributed by atoms with Gasteiger partial charge in [-0.15, -0.1) is 0 Å². The lowest BCUT2D eigenvalue weighted by molar-refractivity contribution is 0.0695. The van der Waals surface area contributed by atoms with Crippen LogP contribution in [0.25, 0.3) is 5.69 Å². The molecule has 1 N–H and O–H groups in total. The number of pyridine rings is 1. The van der Waals surface area contributed by atoms with Gasteiger partial charge in [0.1, 0.15) is 5.56 Å². The summed E-state index contributed by atoms with van der Waals surface area (Å²) in [5.41, 5.74) is 2.29. The Balaban J connectivity index is 2.64. The molecule has 2 aromatic heterocycles. The van der Waals surface area contributed by atoms with Gasteiger partial charge < -0.3 is 5.11 Å². The lowest BCUT2D eigenvalue weighted by atomic mass is 10.1. The van der Waals surface area contributed by atoms with E-state index in [0.717, 1.165) is 5.69 Å². The second-order valence-corrected chi connectivity index (χ2v) is 3.69. The maximum atomic E-state index is 11.2. The van der Waals surface area contributed by atoms with Gasteiger partial charge in [-0.3, -0.25) is 4.98 Å². The van der Waals surface area contributed by atoms with Gasteiger partial charge in [0.2, 0.25) is 0 Å². The first-order valence-electron chi connectivity index (χ1n) is 5.37. The number of nitrogens with zero attached hydrogens (tertiary/aromatic N) is 3. The summed E-state index contributed by atoms with van der Waals surface area (Å²) in [5, 5.41) is 13.4. The highest BCUT2D eigenvalue weighted by molar-refractivity contribution is 5.90. The summed E-state index contributed by atoms with van der Waals surface area (Å²) >= 11 is 0. The second-order valence-electron chi connectivity index (χ2n) is 3.69. The Hall–Kier alpha value is -2.17. The molecular formula is C12H13N3O2. The van der Waals surface area contributed by atoms with E-state index >= 15 is 0 Å². The second kappa shape index (κ2) is 4.37. The monoisotopic (exact) mass is 231 g/mol. The van der Waals surface area contributed by atoms with E-state index in [1.54, 1.807) is 30.1 Å². The zero-order chi connectivity index (χ0) is 12.4. The number of carbonyl (C=O) groups is 1. The largest absolute Gasteiger partial charge is 0.478 e. The number of aromatic carboxylic acids is 1. The van der Waals surface area contributed by atoms with E-state index in [1.165, 1.54) is 0 Å². The van der Waals surface area contributed by atoms with Crippen LogP contribution in [-0.4, -0.2) is 25.8 Å². The standard InChI is InChI=1S/C12H13N3O2/c1-3-10-11(12(16)17)8(2)14-15(10)9-5-4-6-13-7-9/h4-7H,3H2,1-2H3,(H,16,17). The first-order chi connectivity index (χ1) is 8.15. The molecule has 2 aromatic rings. The van der Waals surface area contributed by atoms with Crippen LogP contribution >= 0.6 is 0 Å². The molecule has 0 radical (unpaired) electrons. The van der Waals surface area contributed by atoms with Crippen molar-refractivity contribution in [3.8, 4) is 5.69 Å². The number of hydrogen-bond donors (Lipinski definition) is 1. The molecule has 5 heteroatoms. The molecule has 0 aliphatic rings. The van der Waals surface area contributed by atoms with Gasteiger partial charge in [-0.25, -0.2) is 9.48 Å². The van der Waals surface area contributed by atoms with Crippen LogP contribution in [0.15, 0.2) is 24.5 Å². The fourth-order valence-corrected chi connectivity index (χ4v) is 1.87. The average molecular weight is 231 g/mol. The third-order valence-corrected chi connectivity index (χ3v) is 2.60. The van der Waals surface area contributed by atoms with Crippen LogP contribution in [0.1, 0.15) is 28.7 Å². The highest BCUT2D eigenvalue weighted by atomic mass is 16.4. The topological polar surface area (TPSA) is 68.0 Å². The van der Waals surface area contributed by atoms with E-state index in [0.29, 0.717) is 17.8 Å². The molecule has 2 heterocycles. The van der Waals surface area contributed by atoms with E-state index in [1.807, 2.05) is 13.0 Å². The van der Waals surface area contributed by atoms with Crippen molar-refractivity contribution >= 4 is 5.97 Å². The third kappa shape index (κ3) is 1.91. The summed E-state index contributed by atoms with van der Waals surface area (Å²) in [7, 11) is 0. The van der Waals surface area contributed by atoms with Crippen molar-refractivity contribution in [2.24, 2.45) is 0 Å². The van der Waals surface area contributed by atoms with Crippen LogP contribution in [-0.2, 0) is 6.42 Å². The van der Waals surface area contributed by atoms with Gasteiger partial charge in [0.15, 0.2) is 0 Å². The number of aryl methyl sites for hydroxylation is 1. The van der Waals surface area contributed by atoms with Crippen molar-refractivity contribution in [3.63, 3.8) is 0 Å². The Kier molecular flexibility index (Phi) is 2.91. The Morgan fingerprint density at radius 3 is 2.82 bits per heavy atom. The molecule has 17 heavy (non-hydrogen) atoms. The van der Waals surface area contributed by atoms with Crippen molar-refractivity contribution in [1.82, 2.24) is 14.8 Å². The molecule has 2 rings (SSSR count). The summed E-state index contributed by atoms with van der Waals surface area (Å²) in [4.78, 5) is 15.2. The predicted molar refractivity (Wildman–Crippen MR) is 62.4 cm³/mol. The minimum Gasteiger partial charge on any atom is -0.478 e. The van der Waals surface area contributed by atoms with Crippen LogP contribution in [0.3, 0.4) is 0 Å². The minimum absolute atomic E-state index is 0.288. The van der Waals surface area contributed by atoms with Crippen molar-refractivity contribution in [1.29, 1.82) is 0 Å². The molecule has 0 saturated heterocycles. The van der Waals surface area contributed by atoms with Gasteiger partial charge in [-0.05, 0) is 25.5 Å². The summed E-state index contributed by atoms with van der Waals surface area (Å²) in [5.74, 6) is -0.936. The van der Waals surface area contributed by atoms with Gasteiger partial charge in [-0.2, -0.15) is 5.10 Å². The molecule has 0 fully saturated rings. The van der Waals surface area contributed by atoms with Crippen LogP contribution < -0.4 is 0 Å². The Labute approximate surface area is 98.7 Å². The molecule has 0 atom stereocenters.